The van der Waals surface area contributed by atoms with Crippen molar-refractivity contribution in [3.8, 4) is 6.07 Å². The molecule has 0 aromatic heterocycles. The summed E-state index contributed by atoms with van der Waals surface area (Å²) < 4.78 is 21.4. The van der Waals surface area contributed by atoms with Gasteiger partial charge in [0.25, 0.3) is 0 Å². The molecule has 0 N–H and O–H groups in total. The molecule has 0 fully saturated rings. The van der Waals surface area contributed by atoms with Crippen LogP contribution in [0.25, 0.3) is 0 Å². The van der Waals surface area contributed by atoms with E-state index in [9.17, 15) is 4.57 Å². The largest absolute Gasteiger partial charge is 0.334 e. The minimum Gasteiger partial charge on any atom is -0.312 e. The van der Waals surface area contributed by atoms with Crippen LogP contribution in [0, 0.1) is 11.3 Å². The Hall–Kier alpha value is -1.14. The van der Waals surface area contributed by atoms with Gasteiger partial charge in [-0.15, -0.1) is 0 Å². The third-order valence-electron chi connectivity index (χ3n) is 1.99. The van der Waals surface area contributed by atoms with Gasteiger partial charge in [0.2, 0.25) is 0 Å². The van der Waals surface area contributed by atoms with Crippen LogP contribution < -0.4 is 0 Å². The minimum atomic E-state index is -3.04. The molecule has 0 aliphatic heterocycles. The van der Waals surface area contributed by atoms with E-state index in [0.717, 1.165) is 5.56 Å². The third-order valence-corrected chi connectivity index (χ3v) is 3.85. The Bertz CT molecular complexity index is 417. The third kappa shape index (κ3) is 3.17. The molecule has 80 valence electrons. The van der Waals surface area contributed by atoms with Gasteiger partial charge in [0.05, 0.1) is 17.8 Å². The Morgan fingerprint density at radius 1 is 1.40 bits per heavy atom. The number of nitriles is 1. The van der Waals surface area contributed by atoms with Crippen molar-refractivity contribution in [2.45, 2.75) is 6.16 Å². The Labute approximate surface area is 89.0 Å². The molecule has 0 aliphatic rings. The van der Waals surface area contributed by atoms with Crippen molar-refractivity contribution < 1.29 is 13.6 Å². The van der Waals surface area contributed by atoms with E-state index in [1.807, 2.05) is 6.07 Å². The van der Waals surface area contributed by atoms with E-state index in [1.165, 1.54) is 14.2 Å². The van der Waals surface area contributed by atoms with Crippen LogP contribution in [0.5, 0.6) is 0 Å². The average Bonchev–Trinajstić information content (AvgIpc) is 2.29. The zero-order valence-corrected chi connectivity index (χ0v) is 9.53. The number of nitrogens with zero attached hydrogens (tertiary/aromatic N) is 1. The topological polar surface area (TPSA) is 59.3 Å². The fraction of sp³-hybridized carbons (Fsp3) is 0.300. The van der Waals surface area contributed by atoms with Crippen LogP contribution in [-0.4, -0.2) is 14.2 Å². The van der Waals surface area contributed by atoms with Gasteiger partial charge in [0.1, 0.15) is 0 Å². The highest BCUT2D eigenvalue weighted by Gasteiger charge is 2.21. The molecule has 0 heterocycles. The lowest BCUT2D eigenvalue weighted by Gasteiger charge is -2.13. The summed E-state index contributed by atoms with van der Waals surface area (Å²) in [4.78, 5) is 0. The maximum absolute atomic E-state index is 11.8. The van der Waals surface area contributed by atoms with Crippen LogP contribution in [-0.2, 0) is 19.8 Å². The zero-order chi connectivity index (χ0) is 11.3. The highest BCUT2D eigenvalue weighted by molar-refractivity contribution is 7.52. The van der Waals surface area contributed by atoms with Gasteiger partial charge in [0, 0.05) is 14.2 Å². The number of hydrogen-bond acceptors (Lipinski definition) is 4. The Morgan fingerprint density at radius 2 is 2.07 bits per heavy atom. The van der Waals surface area contributed by atoms with Crippen LogP contribution in [0.2, 0.25) is 0 Å². The Kier molecular flexibility index (Phi) is 4.05. The van der Waals surface area contributed by atoms with Gasteiger partial charge in [-0.25, -0.2) is 0 Å². The first-order valence-electron chi connectivity index (χ1n) is 4.33. The summed E-state index contributed by atoms with van der Waals surface area (Å²) >= 11 is 0. The summed E-state index contributed by atoms with van der Waals surface area (Å²) in [7, 11) is -0.351. The molecule has 0 unspecified atom stereocenters. The number of rotatable bonds is 4. The molecule has 0 amide bonds. The fourth-order valence-electron chi connectivity index (χ4n) is 1.17. The van der Waals surface area contributed by atoms with E-state index in [-0.39, 0.29) is 6.16 Å². The van der Waals surface area contributed by atoms with E-state index >= 15 is 0 Å². The van der Waals surface area contributed by atoms with E-state index in [2.05, 4.69) is 0 Å². The molecule has 1 aromatic rings. The molecule has 0 radical (unpaired) electrons. The van der Waals surface area contributed by atoms with Crippen LogP contribution >= 0.6 is 7.60 Å². The van der Waals surface area contributed by atoms with Crippen molar-refractivity contribution in [2.75, 3.05) is 14.2 Å². The second kappa shape index (κ2) is 5.09. The van der Waals surface area contributed by atoms with E-state index in [4.69, 9.17) is 14.3 Å². The smallest absolute Gasteiger partial charge is 0.312 e. The van der Waals surface area contributed by atoms with Gasteiger partial charge in [-0.2, -0.15) is 5.26 Å². The fourth-order valence-corrected chi connectivity index (χ4v) is 2.22. The highest BCUT2D eigenvalue weighted by atomic mass is 31.2. The summed E-state index contributed by atoms with van der Waals surface area (Å²) in [5.74, 6) is 0. The van der Waals surface area contributed by atoms with Crippen molar-refractivity contribution in [1.29, 1.82) is 5.26 Å². The second-order valence-electron chi connectivity index (χ2n) is 2.95. The maximum atomic E-state index is 11.8. The first kappa shape index (κ1) is 11.9. The number of benzene rings is 1. The van der Waals surface area contributed by atoms with Gasteiger partial charge in [0.15, 0.2) is 0 Å². The van der Waals surface area contributed by atoms with Crippen LogP contribution in [0.4, 0.5) is 0 Å². The second-order valence-corrected chi connectivity index (χ2v) is 5.21. The summed E-state index contributed by atoms with van der Waals surface area (Å²) in [6.45, 7) is 0. The van der Waals surface area contributed by atoms with Crippen LogP contribution in [0.3, 0.4) is 0 Å². The molecule has 4 nitrogen and oxygen atoms in total. The molecule has 0 spiro atoms. The average molecular weight is 225 g/mol. The van der Waals surface area contributed by atoms with E-state index in [1.54, 1.807) is 24.3 Å². The first-order valence-corrected chi connectivity index (χ1v) is 6.06. The molecule has 0 aliphatic carbocycles. The monoisotopic (exact) mass is 225 g/mol. The quantitative estimate of drug-likeness (QED) is 0.739. The van der Waals surface area contributed by atoms with Crippen molar-refractivity contribution in [2.24, 2.45) is 0 Å². The lowest BCUT2D eigenvalue weighted by Crippen LogP contribution is -1.93. The number of hydrogen-bond donors (Lipinski definition) is 0. The van der Waals surface area contributed by atoms with Crippen molar-refractivity contribution in [1.82, 2.24) is 0 Å². The molecular weight excluding hydrogens is 213 g/mol. The predicted molar refractivity (Wildman–Crippen MR) is 56.5 cm³/mol. The molecular formula is C10H12NO3P. The van der Waals surface area contributed by atoms with Gasteiger partial charge in [-0.05, 0) is 17.7 Å². The van der Waals surface area contributed by atoms with Gasteiger partial charge >= 0.3 is 7.60 Å². The van der Waals surface area contributed by atoms with E-state index in [0.29, 0.717) is 5.56 Å². The first-order chi connectivity index (χ1) is 7.13. The minimum absolute atomic E-state index is 0.176. The normalized spacial score (nSPS) is 11.0. The standard InChI is InChI=1S/C10H12NO3P/c1-13-15(12,14-2)8-10-5-3-4-9(6-10)7-11/h3-6H,8H2,1-2H3. The lowest BCUT2D eigenvalue weighted by molar-refractivity contribution is 0.275. The molecule has 0 saturated heterocycles. The maximum Gasteiger partial charge on any atom is 0.334 e. The molecule has 0 bridgehead atoms. The van der Waals surface area contributed by atoms with Crippen molar-refractivity contribution >= 4 is 7.60 Å². The van der Waals surface area contributed by atoms with Crippen molar-refractivity contribution in [3.63, 3.8) is 0 Å². The van der Waals surface area contributed by atoms with E-state index < -0.39 is 7.60 Å². The predicted octanol–water partition coefficient (Wildman–Crippen LogP) is 2.54. The van der Waals surface area contributed by atoms with Gasteiger partial charge < -0.3 is 9.05 Å². The zero-order valence-electron chi connectivity index (χ0n) is 8.64. The van der Waals surface area contributed by atoms with Gasteiger partial charge in [-0.3, -0.25) is 4.57 Å². The van der Waals surface area contributed by atoms with Crippen molar-refractivity contribution in [3.05, 3.63) is 35.4 Å². The molecule has 5 heteroatoms. The summed E-state index contributed by atoms with van der Waals surface area (Å²) in [6, 6.07) is 8.90. The SMILES string of the molecule is COP(=O)(Cc1cccc(C#N)c1)OC. The molecule has 0 saturated carbocycles. The molecule has 1 rings (SSSR count). The summed E-state index contributed by atoms with van der Waals surface area (Å²) in [5.41, 5.74) is 1.30. The lowest BCUT2D eigenvalue weighted by atomic mass is 10.2. The summed E-state index contributed by atoms with van der Waals surface area (Å²) in [6.07, 6.45) is 0.176. The van der Waals surface area contributed by atoms with Crippen LogP contribution in [0.15, 0.2) is 24.3 Å². The van der Waals surface area contributed by atoms with Gasteiger partial charge in [-0.1, -0.05) is 12.1 Å². The molecule has 0 atom stereocenters. The van der Waals surface area contributed by atoms with Crippen LogP contribution in [0.1, 0.15) is 11.1 Å². The molecule has 1 aromatic carbocycles. The highest BCUT2D eigenvalue weighted by Crippen LogP contribution is 2.49. The molecule has 15 heavy (non-hydrogen) atoms. The Balaban J connectivity index is 2.90. The Morgan fingerprint density at radius 3 is 2.60 bits per heavy atom. The summed E-state index contributed by atoms with van der Waals surface area (Å²) in [5, 5.41) is 8.69.